The molecule has 1 fully saturated rings. The van der Waals surface area contributed by atoms with Crippen LogP contribution in [-0.2, 0) is 9.53 Å². The normalized spacial score (nSPS) is 29.3. The molecule has 0 saturated heterocycles. The summed E-state index contributed by atoms with van der Waals surface area (Å²) in [7, 11) is 1.73. The average Bonchev–Trinajstić information content (AvgIpc) is 2.75. The lowest BCUT2D eigenvalue weighted by molar-refractivity contribution is -0.137. The molecule has 122 valence electrons. The van der Waals surface area contributed by atoms with Crippen molar-refractivity contribution in [2.75, 3.05) is 7.11 Å². The lowest BCUT2D eigenvalue weighted by Crippen LogP contribution is -2.22. The maximum atomic E-state index is 10.4. The molecule has 0 aromatic carbocycles. The van der Waals surface area contributed by atoms with Crippen molar-refractivity contribution >= 4 is 5.97 Å². The monoisotopic (exact) mass is 298 g/mol. The highest BCUT2D eigenvalue weighted by Crippen LogP contribution is 2.39. The molecule has 1 saturated carbocycles. The lowest BCUT2D eigenvalue weighted by atomic mass is 9.86. The number of carboxylic acid groups (broad SMARTS) is 1. The number of aliphatic hydroxyl groups excluding tert-OH is 1. The van der Waals surface area contributed by atoms with E-state index in [0.717, 1.165) is 38.5 Å². The van der Waals surface area contributed by atoms with Crippen molar-refractivity contribution in [3.8, 4) is 0 Å². The highest BCUT2D eigenvalue weighted by Gasteiger charge is 2.41. The van der Waals surface area contributed by atoms with Gasteiger partial charge in [-0.3, -0.25) is 4.79 Å². The third-order valence-corrected chi connectivity index (χ3v) is 4.53. The molecule has 0 spiro atoms. The Morgan fingerprint density at radius 1 is 1.29 bits per heavy atom. The van der Waals surface area contributed by atoms with Gasteiger partial charge in [0, 0.05) is 20.0 Å². The lowest BCUT2D eigenvalue weighted by Gasteiger charge is -2.23. The largest absolute Gasteiger partial charge is 0.481 e. The summed E-state index contributed by atoms with van der Waals surface area (Å²) in [5.74, 6) is -0.0211. The molecule has 1 rings (SSSR count). The first-order valence-corrected chi connectivity index (χ1v) is 8.17. The van der Waals surface area contributed by atoms with Crippen LogP contribution in [0.5, 0.6) is 0 Å². The van der Waals surface area contributed by atoms with Gasteiger partial charge in [-0.1, -0.05) is 31.9 Å². The van der Waals surface area contributed by atoms with E-state index in [1.54, 1.807) is 7.11 Å². The van der Waals surface area contributed by atoms with Crippen molar-refractivity contribution in [1.29, 1.82) is 0 Å². The maximum Gasteiger partial charge on any atom is 0.303 e. The summed E-state index contributed by atoms with van der Waals surface area (Å²) >= 11 is 0. The molecule has 0 aromatic heterocycles. The van der Waals surface area contributed by atoms with Crippen LogP contribution in [0.3, 0.4) is 0 Å². The molecule has 4 nitrogen and oxygen atoms in total. The first-order valence-electron chi connectivity index (χ1n) is 8.17. The molecule has 0 aromatic rings. The van der Waals surface area contributed by atoms with E-state index in [-0.39, 0.29) is 18.6 Å². The Morgan fingerprint density at radius 2 is 2.05 bits per heavy atom. The molecule has 1 aliphatic carbocycles. The van der Waals surface area contributed by atoms with Crippen molar-refractivity contribution in [3.63, 3.8) is 0 Å². The van der Waals surface area contributed by atoms with Crippen LogP contribution in [0.25, 0.3) is 0 Å². The van der Waals surface area contributed by atoms with E-state index < -0.39 is 5.97 Å². The number of aliphatic carboxylic acids is 1. The minimum Gasteiger partial charge on any atom is -0.481 e. The zero-order valence-electron chi connectivity index (χ0n) is 13.3. The van der Waals surface area contributed by atoms with E-state index in [1.807, 2.05) is 0 Å². The van der Waals surface area contributed by atoms with Crippen molar-refractivity contribution in [3.05, 3.63) is 12.2 Å². The average molecular weight is 298 g/mol. The van der Waals surface area contributed by atoms with Gasteiger partial charge in [0.1, 0.15) is 0 Å². The van der Waals surface area contributed by atoms with Crippen LogP contribution in [0.15, 0.2) is 12.2 Å². The van der Waals surface area contributed by atoms with Gasteiger partial charge < -0.3 is 14.9 Å². The number of carboxylic acids is 1. The Labute approximate surface area is 128 Å². The summed E-state index contributed by atoms with van der Waals surface area (Å²) in [6, 6.07) is 0. The van der Waals surface area contributed by atoms with Crippen LogP contribution < -0.4 is 0 Å². The van der Waals surface area contributed by atoms with Gasteiger partial charge in [0.15, 0.2) is 0 Å². The second-order valence-corrected chi connectivity index (χ2v) is 6.04. The zero-order chi connectivity index (χ0) is 15.7. The van der Waals surface area contributed by atoms with Crippen molar-refractivity contribution in [2.45, 2.75) is 70.5 Å². The predicted octanol–water partition coefficient (Wildman–Crippen LogP) is 3.39. The molecule has 4 heteroatoms. The topological polar surface area (TPSA) is 66.8 Å². The Morgan fingerprint density at radius 3 is 2.67 bits per heavy atom. The van der Waals surface area contributed by atoms with Crippen molar-refractivity contribution in [2.24, 2.45) is 11.8 Å². The molecule has 0 aliphatic heterocycles. The Balaban J connectivity index is 2.43. The fourth-order valence-corrected chi connectivity index (χ4v) is 3.33. The van der Waals surface area contributed by atoms with Gasteiger partial charge >= 0.3 is 5.97 Å². The van der Waals surface area contributed by atoms with Gasteiger partial charge in [-0.15, -0.1) is 0 Å². The Hall–Kier alpha value is -0.870. The van der Waals surface area contributed by atoms with Crippen LogP contribution in [0, 0.1) is 11.8 Å². The standard InChI is InChI=1S/C17H30O4/c1-3-4-9-13-14(16(21-2)12-15(13)18)10-7-5-6-8-11-17(19)20/h5,7,13-16,18H,3-4,6,8-12H2,1-2H3,(H,19,20)/b7-5+. The number of unbranched alkanes of at least 4 members (excludes halogenated alkanes) is 2. The van der Waals surface area contributed by atoms with Crippen molar-refractivity contribution in [1.82, 2.24) is 0 Å². The van der Waals surface area contributed by atoms with Gasteiger partial charge in [0.05, 0.1) is 12.2 Å². The smallest absolute Gasteiger partial charge is 0.303 e. The molecular weight excluding hydrogens is 268 g/mol. The fourth-order valence-electron chi connectivity index (χ4n) is 3.33. The molecule has 2 N–H and O–H groups in total. The molecular formula is C17H30O4. The zero-order valence-corrected chi connectivity index (χ0v) is 13.3. The number of rotatable bonds is 10. The molecule has 0 bridgehead atoms. The molecule has 1 aliphatic rings. The third kappa shape index (κ3) is 6.18. The van der Waals surface area contributed by atoms with Crippen LogP contribution in [-0.4, -0.2) is 35.5 Å². The summed E-state index contributed by atoms with van der Waals surface area (Å²) < 4.78 is 5.54. The maximum absolute atomic E-state index is 10.4. The number of hydrogen-bond donors (Lipinski definition) is 2. The molecule has 0 heterocycles. The molecule has 4 atom stereocenters. The number of aliphatic hydroxyl groups is 1. The summed E-state index contributed by atoms with van der Waals surface area (Å²) in [6.07, 6.45) is 10.8. The van der Waals surface area contributed by atoms with Gasteiger partial charge in [-0.25, -0.2) is 0 Å². The van der Waals surface area contributed by atoms with Crippen LogP contribution in [0.4, 0.5) is 0 Å². The highest BCUT2D eigenvalue weighted by atomic mass is 16.5. The van der Waals surface area contributed by atoms with Gasteiger partial charge in [0.2, 0.25) is 0 Å². The molecule has 4 unspecified atom stereocenters. The van der Waals surface area contributed by atoms with E-state index in [2.05, 4.69) is 19.1 Å². The van der Waals surface area contributed by atoms with E-state index in [1.165, 1.54) is 0 Å². The van der Waals surface area contributed by atoms with Gasteiger partial charge in [-0.05, 0) is 37.5 Å². The fraction of sp³-hybridized carbons (Fsp3) is 0.824. The van der Waals surface area contributed by atoms with Crippen LogP contribution in [0.2, 0.25) is 0 Å². The summed E-state index contributed by atoms with van der Waals surface area (Å²) in [5, 5.41) is 18.8. The van der Waals surface area contributed by atoms with E-state index in [4.69, 9.17) is 9.84 Å². The molecule has 0 amide bonds. The third-order valence-electron chi connectivity index (χ3n) is 4.53. The predicted molar refractivity (Wildman–Crippen MR) is 83.2 cm³/mol. The number of allylic oxidation sites excluding steroid dienone is 2. The minimum absolute atomic E-state index is 0.144. The van der Waals surface area contributed by atoms with Crippen molar-refractivity contribution < 1.29 is 19.7 Å². The molecule has 0 radical (unpaired) electrons. The Kier molecular flexibility index (Phi) is 8.62. The molecule has 21 heavy (non-hydrogen) atoms. The SMILES string of the molecule is CCCCC1C(O)CC(OC)C1C/C=C/CCCC(=O)O. The summed E-state index contributed by atoms with van der Waals surface area (Å²) in [5.41, 5.74) is 0. The highest BCUT2D eigenvalue weighted by molar-refractivity contribution is 5.66. The Bertz CT molecular complexity index is 327. The second-order valence-electron chi connectivity index (χ2n) is 6.04. The van der Waals surface area contributed by atoms with E-state index >= 15 is 0 Å². The summed E-state index contributed by atoms with van der Waals surface area (Å²) in [4.78, 5) is 10.4. The minimum atomic E-state index is -0.735. The van der Waals surface area contributed by atoms with E-state index in [0.29, 0.717) is 18.3 Å². The van der Waals surface area contributed by atoms with Gasteiger partial charge in [0.25, 0.3) is 0 Å². The van der Waals surface area contributed by atoms with E-state index in [9.17, 15) is 9.90 Å². The number of ether oxygens (including phenoxy) is 1. The number of hydrogen-bond acceptors (Lipinski definition) is 3. The quantitative estimate of drug-likeness (QED) is 0.479. The van der Waals surface area contributed by atoms with Gasteiger partial charge in [-0.2, -0.15) is 0 Å². The number of carbonyl (C=O) groups is 1. The number of methoxy groups -OCH3 is 1. The first kappa shape index (κ1) is 18.2. The summed E-state index contributed by atoms with van der Waals surface area (Å²) in [6.45, 7) is 2.17. The van der Waals surface area contributed by atoms with Crippen LogP contribution in [0.1, 0.15) is 58.3 Å². The first-order chi connectivity index (χ1) is 10.1. The van der Waals surface area contributed by atoms with Crippen LogP contribution >= 0.6 is 0 Å². The second kappa shape index (κ2) is 9.96.